The number of anilines is 1. The lowest BCUT2D eigenvalue weighted by atomic mass is 9.96. The number of urea groups is 1. The molecule has 3 aliphatic heterocycles. The number of amides is 4. The van der Waals surface area contributed by atoms with Gasteiger partial charge in [0.1, 0.15) is 0 Å². The molecule has 3 heterocycles. The standard InChI is InChI=1S/C23H32N4O3S/c28-21-17-31-23(30)27(21)16-18-5-7-20(8-6-18)24-22(29)26-13-9-19(10-14-26)15-25-11-3-1-2-4-12-25/h5-8,19H,1-4,9-17H2,(H,24,29). The van der Waals surface area contributed by atoms with E-state index in [0.717, 1.165) is 48.9 Å². The monoisotopic (exact) mass is 444 g/mol. The Kier molecular flexibility index (Phi) is 7.50. The van der Waals surface area contributed by atoms with Gasteiger partial charge in [0.25, 0.3) is 5.24 Å². The second kappa shape index (κ2) is 10.5. The summed E-state index contributed by atoms with van der Waals surface area (Å²) >= 11 is 1.04. The highest BCUT2D eigenvalue weighted by atomic mass is 32.2. The first-order valence-electron chi connectivity index (χ1n) is 11.4. The first-order valence-corrected chi connectivity index (χ1v) is 12.4. The maximum Gasteiger partial charge on any atom is 0.321 e. The van der Waals surface area contributed by atoms with Crippen LogP contribution in [0.15, 0.2) is 24.3 Å². The first kappa shape index (κ1) is 22.1. The third-order valence-corrected chi connectivity index (χ3v) is 7.36. The predicted molar refractivity (Wildman–Crippen MR) is 123 cm³/mol. The molecular weight excluding hydrogens is 412 g/mol. The molecule has 3 fully saturated rings. The summed E-state index contributed by atoms with van der Waals surface area (Å²) in [5.74, 6) is 0.768. The molecule has 31 heavy (non-hydrogen) atoms. The van der Waals surface area contributed by atoms with Crippen molar-refractivity contribution in [2.75, 3.05) is 43.8 Å². The molecule has 0 atom stereocenters. The number of benzene rings is 1. The van der Waals surface area contributed by atoms with Crippen LogP contribution in [0.2, 0.25) is 0 Å². The molecule has 3 aliphatic rings. The molecule has 0 unspecified atom stereocenters. The van der Waals surface area contributed by atoms with E-state index in [0.29, 0.717) is 5.92 Å². The summed E-state index contributed by atoms with van der Waals surface area (Å²) in [7, 11) is 0. The molecule has 1 aromatic rings. The van der Waals surface area contributed by atoms with Crippen molar-refractivity contribution in [3.05, 3.63) is 29.8 Å². The van der Waals surface area contributed by atoms with Crippen LogP contribution in [0, 0.1) is 5.92 Å². The average molecular weight is 445 g/mol. The zero-order valence-corrected chi connectivity index (χ0v) is 18.9. The molecular formula is C23H32N4O3S. The van der Waals surface area contributed by atoms with Gasteiger partial charge in [0.15, 0.2) is 0 Å². The molecule has 0 spiro atoms. The van der Waals surface area contributed by atoms with Gasteiger partial charge in [-0.3, -0.25) is 14.5 Å². The largest absolute Gasteiger partial charge is 0.325 e. The molecule has 0 bridgehead atoms. The number of piperidine rings is 1. The molecule has 8 heteroatoms. The lowest BCUT2D eigenvalue weighted by molar-refractivity contribution is -0.125. The Bertz CT molecular complexity index is 769. The Hall–Kier alpha value is -2.06. The lowest BCUT2D eigenvalue weighted by Crippen LogP contribution is -2.43. The third kappa shape index (κ3) is 6.01. The second-order valence-corrected chi connectivity index (χ2v) is 9.73. The van der Waals surface area contributed by atoms with Gasteiger partial charge in [-0.25, -0.2) is 4.79 Å². The van der Waals surface area contributed by atoms with Gasteiger partial charge >= 0.3 is 6.03 Å². The number of carbonyl (C=O) groups excluding carboxylic acids is 3. The Morgan fingerprint density at radius 3 is 2.26 bits per heavy atom. The summed E-state index contributed by atoms with van der Waals surface area (Å²) in [6.45, 7) is 5.53. The van der Waals surface area contributed by atoms with Crippen molar-refractivity contribution < 1.29 is 14.4 Å². The van der Waals surface area contributed by atoms with Gasteiger partial charge in [-0.2, -0.15) is 0 Å². The van der Waals surface area contributed by atoms with E-state index in [1.54, 1.807) is 0 Å². The molecule has 168 valence electrons. The summed E-state index contributed by atoms with van der Waals surface area (Å²) < 4.78 is 0. The Labute approximate surface area is 188 Å². The van der Waals surface area contributed by atoms with E-state index >= 15 is 0 Å². The van der Waals surface area contributed by atoms with E-state index in [-0.39, 0.29) is 29.5 Å². The maximum atomic E-state index is 12.7. The molecule has 0 radical (unpaired) electrons. The van der Waals surface area contributed by atoms with Crippen molar-refractivity contribution in [3.8, 4) is 0 Å². The minimum Gasteiger partial charge on any atom is -0.325 e. The van der Waals surface area contributed by atoms with Gasteiger partial charge in [0.2, 0.25) is 5.91 Å². The van der Waals surface area contributed by atoms with Crippen LogP contribution < -0.4 is 5.32 Å². The van der Waals surface area contributed by atoms with Crippen LogP contribution in [-0.4, -0.2) is 70.4 Å². The molecule has 0 saturated carbocycles. The highest BCUT2D eigenvalue weighted by Crippen LogP contribution is 2.23. The highest BCUT2D eigenvalue weighted by Gasteiger charge is 2.29. The summed E-state index contributed by atoms with van der Waals surface area (Å²) in [5.41, 5.74) is 1.60. The molecule has 4 amide bonds. The molecule has 4 rings (SSSR count). The minimum atomic E-state index is -0.193. The molecule has 0 aliphatic carbocycles. The van der Waals surface area contributed by atoms with Gasteiger partial charge < -0.3 is 15.1 Å². The molecule has 1 N–H and O–H groups in total. The number of hydrogen-bond donors (Lipinski definition) is 1. The van der Waals surface area contributed by atoms with Crippen molar-refractivity contribution >= 4 is 34.6 Å². The van der Waals surface area contributed by atoms with Crippen molar-refractivity contribution in [2.45, 2.75) is 45.1 Å². The molecule has 0 aromatic heterocycles. The number of hydrogen-bond acceptors (Lipinski definition) is 5. The van der Waals surface area contributed by atoms with Gasteiger partial charge in [0.05, 0.1) is 12.3 Å². The quantitative estimate of drug-likeness (QED) is 0.743. The summed E-state index contributed by atoms with van der Waals surface area (Å²) in [6, 6.07) is 7.32. The summed E-state index contributed by atoms with van der Waals surface area (Å²) in [5, 5.41) is 2.79. The van der Waals surface area contributed by atoms with E-state index in [9.17, 15) is 14.4 Å². The van der Waals surface area contributed by atoms with E-state index in [2.05, 4.69) is 10.2 Å². The van der Waals surface area contributed by atoms with Crippen LogP contribution in [0.3, 0.4) is 0 Å². The van der Waals surface area contributed by atoms with Crippen LogP contribution in [0.1, 0.15) is 44.1 Å². The van der Waals surface area contributed by atoms with Crippen molar-refractivity contribution in [1.82, 2.24) is 14.7 Å². The van der Waals surface area contributed by atoms with Crippen LogP contribution in [-0.2, 0) is 11.3 Å². The van der Waals surface area contributed by atoms with Gasteiger partial charge in [0, 0.05) is 25.3 Å². The van der Waals surface area contributed by atoms with Crippen LogP contribution >= 0.6 is 11.8 Å². The Balaban J connectivity index is 1.21. The number of likely N-dealkylation sites (tertiary alicyclic amines) is 2. The van der Waals surface area contributed by atoms with Gasteiger partial charge in [-0.05, 0) is 62.4 Å². The summed E-state index contributed by atoms with van der Waals surface area (Å²) in [6.07, 6.45) is 7.51. The number of carbonyl (C=O) groups is 3. The fourth-order valence-electron chi connectivity index (χ4n) is 4.61. The predicted octanol–water partition coefficient (Wildman–Crippen LogP) is 4.00. The molecule has 7 nitrogen and oxygen atoms in total. The third-order valence-electron chi connectivity index (χ3n) is 6.50. The van der Waals surface area contributed by atoms with E-state index < -0.39 is 0 Å². The fourth-order valence-corrected chi connectivity index (χ4v) is 5.34. The SMILES string of the molecule is O=C(Nc1ccc(CN2C(=O)CSC2=O)cc1)N1CCC(CN2CCCCCC2)CC1. The number of rotatable bonds is 5. The number of imide groups is 1. The topological polar surface area (TPSA) is 73.0 Å². The van der Waals surface area contributed by atoms with Crippen molar-refractivity contribution in [1.29, 1.82) is 0 Å². The zero-order chi connectivity index (χ0) is 21.6. The number of thioether (sulfide) groups is 1. The minimum absolute atomic E-state index is 0.0535. The average Bonchev–Trinajstić information content (AvgIpc) is 2.96. The maximum absolute atomic E-state index is 12.7. The van der Waals surface area contributed by atoms with E-state index in [1.807, 2.05) is 29.2 Å². The fraction of sp³-hybridized carbons (Fsp3) is 0.609. The molecule has 1 aromatic carbocycles. The highest BCUT2D eigenvalue weighted by molar-refractivity contribution is 8.14. The smallest absolute Gasteiger partial charge is 0.321 e. The zero-order valence-electron chi connectivity index (χ0n) is 18.1. The van der Waals surface area contributed by atoms with Crippen LogP contribution in [0.4, 0.5) is 15.3 Å². The van der Waals surface area contributed by atoms with Gasteiger partial charge in [-0.15, -0.1) is 0 Å². The summed E-state index contributed by atoms with van der Waals surface area (Å²) in [4.78, 5) is 41.9. The number of nitrogens with zero attached hydrogens (tertiary/aromatic N) is 3. The van der Waals surface area contributed by atoms with E-state index in [4.69, 9.17) is 0 Å². The van der Waals surface area contributed by atoms with Crippen LogP contribution in [0.25, 0.3) is 0 Å². The lowest BCUT2D eigenvalue weighted by Gasteiger charge is -2.34. The van der Waals surface area contributed by atoms with Crippen molar-refractivity contribution in [2.24, 2.45) is 5.92 Å². The normalized spacial score (nSPS) is 21.4. The Morgan fingerprint density at radius 1 is 0.968 bits per heavy atom. The number of nitrogens with one attached hydrogen (secondary N) is 1. The van der Waals surface area contributed by atoms with Crippen molar-refractivity contribution in [3.63, 3.8) is 0 Å². The second-order valence-electron chi connectivity index (χ2n) is 8.81. The van der Waals surface area contributed by atoms with Gasteiger partial charge in [-0.1, -0.05) is 36.7 Å². The van der Waals surface area contributed by atoms with E-state index in [1.165, 1.54) is 50.2 Å². The first-order chi connectivity index (χ1) is 15.1. The van der Waals surface area contributed by atoms with Crippen LogP contribution in [0.5, 0.6) is 0 Å². The molecule has 3 saturated heterocycles. The Morgan fingerprint density at radius 2 is 1.65 bits per heavy atom.